The molecule has 1 atom stereocenters. The predicted octanol–water partition coefficient (Wildman–Crippen LogP) is 0.652. The van der Waals surface area contributed by atoms with Gasteiger partial charge in [-0.05, 0) is 52.2 Å². The van der Waals surface area contributed by atoms with E-state index in [-0.39, 0.29) is 17.9 Å². The number of rotatable bonds is 7. The minimum absolute atomic E-state index is 0.133. The average molecular weight is 341 g/mol. The van der Waals surface area contributed by atoms with E-state index in [9.17, 15) is 9.90 Å². The summed E-state index contributed by atoms with van der Waals surface area (Å²) >= 11 is 0. The highest BCUT2D eigenvalue weighted by molar-refractivity contribution is 5.78. The fourth-order valence-corrected chi connectivity index (χ4v) is 3.97. The molecule has 24 heavy (non-hydrogen) atoms. The summed E-state index contributed by atoms with van der Waals surface area (Å²) in [5, 5.41) is 9.93. The van der Waals surface area contributed by atoms with Gasteiger partial charge >= 0.3 is 0 Å². The van der Waals surface area contributed by atoms with Crippen LogP contribution in [0.5, 0.6) is 0 Å². The van der Waals surface area contributed by atoms with Crippen LogP contribution < -0.4 is 0 Å². The Morgan fingerprint density at radius 3 is 2.75 bits per heavy atom. The summed E-state index contributed by atoms with van der Waals surface area (Å²) in [5.41, 5.74) is -0.133. The van der Waals surface area contributed by atoms with Gasteiger partial charge in [-0.3, -0.25) is 9.69 Å². The van der Waals surface area contributed by atoms with Gasteiger partial charge in [-0.2, -0.15) is 0 Å². The molecular formula is C18H35N3O3. The van der Waals surface area contributed by atoms with Gasteiger partial charge in [0, 0.05) is 45.3 Å². The van der Waals surface area contributed by atoms with Crippen molar-refractivity contribution in [1.82, 2.24) is 14.7 Å². The number of ether oxygens (including phenoxy) is 1. The molecule has 0 aromatic carbocycles. The van der Waals surface area contributed by atoms with Crippen LogP contribution in [0.1, 0.15) is 32.1 Å². The molecule has 0 aliphatic carbocycles. The lowest BCUT2D eigenvalue weighted by Crippen LogP contribution is -2.51. The van der Waals surface area contributed by atoms with Crippen molar-refractivity contribution in [2.24, 2.45) is 5.41 Å². The number of carbonyl (C=O) groups is 1. The summed E-state index contributed by atoms with van der Waals surface area (Å²) in [4.78, 5) is 19.4. The first kappa shape index (κ1) is 19.6. The summed E-state index contributed by atoms with van der Waals surface area (Å²) < 4.78 is 5.14. The Morgan fingerprint density at radius 2 is 2.00 bits per heavy atom. The topological polar surface area (TPSA) is 56.3 Å². The van der Waals surface area contributed by atoms with E-state index in [0.717, 1.165) is 71.4 Å². The summed E-state index contributed by atoms with van der Waals surface area (Å²) in [6.45, 7) is 7.04. The molecule has 1 unspecified atom stereocenters. The number of hydrogen-bond donors (Lipinski definition) is 1. The van der Waals surface area contributed by atoms with Crippen LogP contribution in [0, 0.1) is 5.41 Å². The maximum atomic E-state index is 12.8. The first-order valence-electron chi connectivity index (χ1n) is 9.37. The van der Waals surface area contributed by atoms with Crippen LogP contribution in [0.4, 0.5) is 0 Å². The minimum Gasteiger partial charge on any atom is -0.396 e. The molecular weight excluding hydrogens is 306 g/mol. The van der Waals surface area contributed by atoms with E-state index in [1.807, 2.05) is 4.90 Å². The van der Waals surface area contributed by atoms with Crippen LogP contribution >= 0.6 is 0 Å². The molecule has 140 valence electrons. The molecule has 0 bridgehead atoms. The average Bonchev–Trinajstić information content (AvgIpc) is 2.80. The van der Waals surface area contributed by atoms with Crippen molar-refractivity contribution in [1.29, 1.82) is 0 Å². The summed E-state index contributed by atoms with van der Waals surface area (Å²) in [5.74, 6) is 0.226. The van der Waals surface area contributed by atoms with Crippen LogP contribution in [0.25, 0.3) is 0 Å². The third kappa shape index (κ3) is 5.69. The highest BCUT2D eigenvalue weighted by Crippen LogP contribution is 2.34. The second-order valence-corrected chi connectivity index (χ2v) is 7.61. The Kier molecular flexibility index (Phi) is 7.94. The van der Waals surface area contributed by atoms with Gasteiger partial charge in [0.15, 0.2) is 0 Å². The molecule has 0 aromatic heterocycles. The van der Waals surface area contributed by atoms with Crippen molar-refractivity contribution in [3.63, 3.8) is 0 Å². The standard InChI is InChI=1S/C18H35N3O3/c1-19-8-5-9-20(12-11-19)14-17(23)21-10-3-6-18(15-21,16-22)7-4-13-24-2/h22H,3-16H2,1-2H3. The van der Waals surface area contributed by atoms with Gasteiger partial charge in [0.1, 0.15) is 0 Å². The zero-order valence-electron chi connectivity index (χ0n) is 15.5. The van der Waals surface area contributed by atoms with E-state index >= 15 is 0 Å². The molecule has 0 spiro atoms. The number of likely N-dealkylation sites (tertiary alicyclic amines) is 1. The molecule has 2 rings (SSSR count). The van der Waals surface area contributed by atoms with Gasteiger partial charge in [0.2, 0.25) is 5.91 Å². The van der Waals surface area contributed by atoms with Gasteiger partial charge in [-0.15, -0.1) is 0 Å². The zero-order valence-corrected chi connectivity index (χ0v) is 15.5. The summed E-state index contributed by atoms with van der Waals surface area (Å²) in [6.07, 6.45) is 4.99. The van der Waals surface area contributed by atoms with Gasteiger partial charge in [-0.25, -0.2) is 0 Å². The van der Waals surface area contributed by atoms with Crippen molar-refractivity contribution >= 4 is 5.91 Å². The maximum absolute atomic E-state index is 12.8. The van der Waals surface area contributed by atoms with Crippen molar-refractivity contribution in [3.05, 3.63) is 0 Å². The third-order valence-corrected chi connectivity index (χ3v) is 5.58. The van der Waals surface area contributed by atoms with E-state index in [2.05, 4.69) is 16.8 Å². The quantitative estimate of drug-likeness (QED) is 0.689. The van der Waals surface area contributed by atoms with E-state index in [0.29, 0.717) is 13.1 Å². The summed E-state index contributed by atoms with van der Waals surface area (Å²) in [6, 6.07) is 0. The minimum atomic E-state index is -0.133. The first-order chi connectivity index (χ1) is 11.6. The van der Waals surface area contributed by atoms with Gasteiger partial charge in [0.25, 0.3) is 0 Å². The van der Waals surface area contributed by atoms with Gasteiger partial charge in [0.05, 0.1) is 13.2 Å². The fourth-order valence-electron chi connectivity index (χ4n) is 3.97. The number of aliphatic hydroxyl groups excluding tert-OH is 1. The summed E-state index contributed by atoms with van der Waals surface area (Å²) in [7, 11) is 3.85. The Labute approximate surface area is 146 Å². The van der Waals surface area contributed by atoms with E-state index in [4.69, 9.17) is 4.74 Å². The molecule has 2 aliphatic rings. The first-order valence-corrected chi connectivity index (χ1v) is 9.37. The number of methoxy groups -OCH3 is 1. The van der Waals surface area contributed by atoms with Crippen molar-refractivity contribution in [2.45, 2.75) is 32.1 Å². The number of hydrogen-bond acceptors (Lipinski definition) is 5. The fraction of sp³-hybridized carbons (Fsp3) is 0.944. The van der Waals surface area contributed by atoms with Gasteiger partial charge < -0.3 is 19.6 Å². The second-order valence-electron chi connectivity index (χ2n) is 7.61. The Balaban J connectivity index is 1.86. The van der Waals surface area contributed by atoms with Crippen molar-refractivity contribution in [3.8, 4) is 0 Å². The largest absolute Gasteiger partial charge is 0.396 e. The SMILES string of the molecule is COCCCC1(CO)CCCN(C(=O)CN2CCCN(C)CC2)C1. The van der Waals surface area contributed by atoms with Crippen LogP contribution in [0.15, 0.2) is 0 Å². The van der Waals surface area contributed by atoms with Crippen molar-refractivity contribution in [2.75, 3.05) is 73.2 Å². The molecule has 2 saturated heterocycles. The molecule has 2 heterocycles. The molecule has 6 heteroatoms. The normalized spacial score (nSPS) is 27.2. The van der Waals surface area contributed by atoms with Crippen molar-refractivity contribution < 1.29 is 14.6 Å². The lowest BCUT2D eigenvalue weighted by Gasteiger charge is -2.42. The third-order valence-electron chi connectivity index (χ3n) is 5.58. The van der Waals surface area contributed by atoms with Crippen LogP contribution in [-0.2, 0) is 9.53 Å². The lowest BCUT2D eigenvalue weighted by atomic mass is 9.77. The number of carbonyl (C=O) groups excluding carboxylic acids is 1. The molecule has 0 saturated carbocycles. The van der Waals surface area contributed by atoms with Crippen LogP contribution in [0.3, 0.4) is 0 Å². The number of piperidine rings is 1. The number of likely N-dealkylation sites (N-methyl/N-ethyl adjacent to an activating group) is 1. The zero-order chi connectivity index (χ0) is 17.4. The smallest absolute Gasteiger partial charge is 0.236 e. The van der Waals surface area contributed by atoms with Gasteiger partial charge in [-0.1, -0.05) is 0 Å². The van der Waals surface area contributed by atoms with E-state index in [1.54, 1.807) is 7.11 Å². The Bertz CT molecular complexity index is 394. The molecule has 1 amide bonds. The molecule has 1 N–H and O–H groups in total. The Morgan fingerprint density at radius 1 is 1.17 bits per heavy atom. The lowest BCUT2D eigenvalue weighted by molar-refractivity contribution is -0.137. The number of amides is 1. The molecule has 2 fully saturated rings. The predicted molar refractivity (Wildman–Crippen MR) is 95.0 cm³/mol. The molecule has 0 radical (unpaired) electrons. The number of aliphatic hydroxyl groups is 1. The Hall–Kier alpha value is -0.690. The second kappa shape index (κ2) is 9.70. The number of nitrogens with zero attached hydrogens (tertiary/aromatic N) is 3. The van der Waals surface area contributed by atoms with Crippen LogP contribution in [0.2, 0.25) is 0 Å². The molecule has 6 nitrogen and oxygen atoms in total. The highest BCUT2D eigenvalue weighted by Gasteiger charge is 2.36. The van der Waals surface area contributed by atoms with E-state index < -0.39 is 0 Å². The molecule has 0 aromatic rings. The van der Waals surface area contributed by atoms with E-state index in [1.165, 1.54) is 0 Å². The maximum Gasteiger partial charge on any atom is 0.236 e. The van der Waals surface area contributed by atoms with Crippen LogP contribution in [-0.4, -0.2) is 98.9 Å². The molecule has 2 aliphatic heterocycles. The highest BCUT2D eigenvalue weighted by atomic mass is 16.5. The monoisotopic (exact) mass is 341 g/mol.